The summed E-state index contributed by atoms with van der Waals surface area (Å²) in [6.07, 6.45) is 0. The Morgan fingerprint density at radius 1 is 0.947 bits per heavy atom. The number of rotatable bonds is 1. The number of methoxy groups -OCH3 is 1. The van der Waals surface area contributed by atoms with Crippen LogP contribution in [0.25, 0.3) is 29.6 Å². The van der Waals surface area contributed by atoms with Gasteiger partial charge in [0.1, 0.15) is 5.75 Å². The van der Waals surface area contributed by atoms with E-state index < -0.39 is 0 Å². The summed E-state index contributed by atoms with van der Waals surface area (Å²) >= 11 is 9.78. The minimum absolute atomic E-state index is 0.792. The molecule has 0 aliphatic rings. The van der Waals surface area contributed by atoms with E-state index in [1.165, 1.54) is 29.6 Å². The molecular weight excluding hydrogens is 296 g/mol. The molecule has 4 aromatic rings. The molecule has 4 rings (SSSR count). The molecule has 94 valence electrons. The Balaban J connectivity index is 2.19. The first-order valence-corrected chi connectivity index (χ1v) is 7.85. The van der Waals surface area contributed by atoms with E-state index in [-0.39, 0.29) is 0 Å². The summed E-state index contributed by atoms with van der Waals surface area (Å²) in [5.74, 6) is 0.906. The zero-order chi connectivity index (χ0) is 13.0. The van der Waals surface area contributed by atoms with Gasteiger partial charge in [0.05, 0.1) is 11.1 Å². The van der Waals surface area contributed by atoms with Gasteiger partial charge >= 0.3 is 0 Å². The summed E-state index contributed by atoms with van der Waals surface area (Å²) in [4.78, 5) is 0. The van der Waals surface area contributed by atoms with Crippen LogP contribution in [0, 0.1) is 0 Å². The predicted molar refractivity (Wildman–Crippen MR) is 86.3 cm³/mol. The fourth-order valence-corrected chi connectivity index (χ4v) is 5.18. The number of ether oxygens (including phenoxy) is 1. The van der Waals surface area contributed by atoms with E-state index in [9.17, 15) is 0 Å². The van der Waals surface area contributed by atoms with E-state index in [1.807, 2.05) is 34.8 Å². The second-order valence-corrected chi connectivity index (χ2v) is 7.17. The molecule has 0 unspecified atom stereocenters. The van der Waals surface area contributed by atoms with Crippen molar-refractivity contribution in [3.8, 4) is 5.75 Å². The first-order chi connectivity index (χ1) is 9.26. The molecule has 0 N–H and O–H groups in total. The Kier molecular flexibility index (Phi) is 2.49. The SMILES string of the molecule is COc1ccc2c(c1)sc1sc3ccc(Cl)cc3c12. The van der Waals surface area contributed by atoms with Crippen LogP contribution in [0.2, 0.25) is 5.02 Å². The van der Waals surface area contributed by atoms with Crippen LogP contribution in [0.4, 0.5) is 0 Å². The van der Waals surface area contributed by atoms with Crippen molar-refractivity contribution in [2.24, 2.45) is 0 Å². The summed E-state index contributed by atoms with van der Waals surface area (Å²) in [6, 6.07) is 12.4. The van der Waals surface area contributed by atoms with E-state index >= 15 is 0 Å². The maximum absolute atomic E-state index is 6.13. The number of hydrogen-bond donors (Lipinski definition) is 0. The fourth-order valence-electron chi connectivity index (χ4n) is 2.39. The standard InChI is InChI=1S/C15H9ClOS2/c1-17-9-3-4-10-13(7-9)19-15-14(10)11-6-8(16)2-5-12(11)18-15/h2-7H,1H3. The minimum Gasteiger partial charge on any atom is -0.497 e. The third kappa shape index (κ3) is 1.66. The molecule has 0 saturated heterocycles. The van der Waals surface area contributed by atoms with Gasteiger partial charge in [-0.25, -0.2) is 0 Å². The molecule has 19 heavy (non-hydrogen) atoms. The quantitative estimate of drug-likeness (QED) is 0.423. The summed E-state index contributed by atoms with van der Waals surface area (Å²) in [5, 5.41) is 4.66. The first kappa shape index (κ1) is 11.5. The van der Waals surface area contributed by atoms with Gasteiger partial charge in [-0.2, -0.15) is 0 Å². The maximum atomic E-state index is 6.13. The van der Waals surface area contributed by atoms with Crippen LogP contribution in [0.3, 0.4) is 0 Å². The van der Waals surface area contributed by atoms with E-state index in [0.29, 0.717) is 0 Å². The molecule has 2 aromatic carbocycles. The molecule has 0 bridgehead atoms. The lowest BCUT2D eigenvalue weighted by Crippen LogP contribution is -1.80. The Morgan fingerprint density at radius 2 is 1.79 bits per heavy atom. The highest BCUT2D eigenvalue weighted by Crippen LogP contribution is 2.45. The van der Waals surface area contributed by atoms with Gasteiger partial charge in [0.25, 0.3) is 0 Å². The second-order valence-electron chi connectivity index (χ2n) is 4.37. The van der Waals surface area contributed by atoms with E-state index in [4.69, 9.17) is 16.3 Å². The van der Waals surface area contributed by atoms with Crippen LogP contribution in [0.5, 0.6) is 5.75 Å². The highest BCUT2D eigenvalue weighted by molar-refractivity contribution is 7.44. The van der Waals surface area contributed by atoms with Crippen molar-refractivity contribution in [3.05, 3.63) is 41.4 Å². The predicted octanol–water partition coefficient (Wildman–Crippen LogP) is 5.93. The lowest BCUT2D eigenvalue weighted by molar-refractivity contribution is 0.415. The van der Waals surface area contributed by atoms with E-state index in [2.05, 4.69) is 24.3 Å². The molecule has 0 atom stereocenters. The molecule has 0 aliphatic heterocycles. The molecule has 0 spiro atoms. The normalized spacial score (nSPS) is 11.7. The Morgan fingerprint density at radius 3 is 2.63 bits per heavy atom. The monoisotopic (exact) mass is 304 g/mol. The summed E-state index contributed by atoms with van der Waals surface area (Å²) in [7, 11) is 1.70. The van der Waals surface area contributed by atoms with Crippen LogP contribution in [-0.4, -0.2) is 7.11 Å². The highest BCUT2D eigenvalue weighted by atomic mass is 35.5. The highest BCUT2D eigenvalue weighted by Gasteiger charge is 2.12. The molecule has 2 aromatic heterocycles. The minimum atomic E-state index is 0.792. The first-order valence-electron chi connectivity index (χ1n) is 5.84. The molecule has 0 amide bonds. The molecule has 0 fully saturated rings. The van der Waals surface area contributed by atoms with Crippen molar-refractivity contribution < 1.29 is 4.74 Å². The Bertz CT molecular complexity index is 920. The lowest BCUT2D eigenvalue weighted by atomic mass is 10.1. The van der Waals surface area contributed by atoms with Gasteiger partial charge in [0.2, 0.25) is 0 Å². The fraction of sp³-hybridized carbons (Fsp3) is 0.0667. The van der Waals surface area contributed by atoms with Crippen LogP contribution < -0.4 is 4.74 Å². The Labute approximate surface area is 123 Å². The maximum Gasteiger partial charge on any atom is 0.120 e. The summed E-state index contributed by atoms with van der Waals surface area (Å²) in [6.45, 7) is 0. The number of thiophene rings is 2. The summed E-state index contributed by atoms with van der Waals surface area (Å²) < 4.78 is 9.20. The van der Waals surface area contributed by atoms with Crippen molar-refractivity contribution >= 4 is 63.8 Å². The number of benzene rings is 2. The van der Waals surface area contributed by atoms with Gasteiger partial charge in [-0.15, -0.1) is 22.7 Å². The van der Waals surface area contributed by atoms with Gasteiger partial charge in [0, 0.05) is 30.6 Å². The van der Waals surface area contributed by atoms with Gasteiger partial charge in [-0.1, -0.05) is 11.6 Å². The average molecular weight is 305 g/mol. The molecule has 0 saturated carbocycles. The molecule has 1 nitrogen and oxygen atoms in total. The zero-order valence-corrected chi connectivity index (χ0v) is 12.5. The second kappa shape index (κ2) is 4.10. The third-order valence-corrected chi connectivity index (χ3v) is 5.93. The van der Waals surface area contributed by atoms with Crippen molar-refractivity contribution in [1.82, 2.24) is 0 Å². The van der Waals surface area contributed by atoms with Crippen molar-refractivity contribution in [2.75, 3.05) is 7.11 Å². The molecule has 2 heterocycles. The van der Waals surface area contributed by atoms with Crippen molar-refractivity contribution in [1.29, 1.82) is 0 Å². The topological polar surface area (TPSA) is 9.23 Å². The van der Waals surface area contributed by atoms with Gasteiger partial charge < -0.3 is 4.74 Å². The molecule has 0 radical (unpaired) electrons. The largest absolute Gasteiger partial charge is 0.497 e. The molecule has 4 heteroatoms. The zero-order valence-electron chi connectivity index (χ0n) is 10.1. The van der Waals surface area contributed by atoms with E-state index in [1.54, 1.807) is 7.11 Å². The number of hydrogen-bond acceptors (Lipinski definition) is 3. The van der Waals surface area contributed by atoms with Crippen molar-refractivity contribution in [3.63, 3.8) is 0 Å². The van der Waals surface area contributed by atoms with Gasteiger partial charge in [-0.05, 0) is 36.4 Å². The van der Waals surface area contributed by atoms with Crippen LogP contribution in [-0.2, 0) is 0 Å². The van der Waals surface area contributed by atoms with Crippen LogP contribution >= 0.6 is 34.3 Å². The smallest absolute Gasteiger partial charge is 0.120 e. The number of fused-ring (bicyclic) bond motifs is 5. The average Bonchev–Trinajstić information content (AvgIpc) is 2.93. The number of halogens is 1. The third-order valence-electron chi connectivity index (χ3n) is 3.28. The molecule has 0 aliphatic carbocycles. The summed E-state index contributed by atoms with van der Waals surface area (Å²) in [5.41, 5.74) is 0. The van der Waals surface area contributed by atoms with Crippen LogP contribution in [0.1, 0.15) is 0 Å². The van der Waals surface area contributed by atoms with Crippen molar-refractivity contribution in [2.45, 2.75) is 0 Å². The van der Waals surface area contributed by atoms with Crippen LogP contribution in [0.15, 0.2) is 36.4 Å². The molecular formula is C15H9ClOS2. The lowest BCUT2D eigenvalue weighted by Gasteiger charge is -1.99. The van der Waals surface area contributed by atoms with E-state index in [0.717, 1.165) is 10.8 Å². The van der Waals surface area contributed by atoms with Gasteiger partial charge in [-0.3, -0.25) is 0 Å². The Hall–Kier alpha value is -1.29. The van der Waals surface area contributed by atoms with Gasteiger partial charge in [0.15, 0.2) is 0 Å².